The summed E-state index contributed by atoms with van der Waals surface area (Å²) < 4.78 is 5.08. The van der Waals surface area contributed by atoms with Crippen molar-refractivity contribution in [2.45, 2.75) is 25.3 Å². The number of aromatic nitrogens is 1. The molecule has 5 nitrogen and oxygen atoms in total. The van der Waals surface area contributed by atoms with Crippen molar-refractivity contribution in [1.29, 1.82) is 0 Å². The average molecular weight is 235 g/mol. The number of hydrogen-bond donors (Lipinski definition) is 2. The van der Waals surface area contributed by atoms with Gasteiger partial charge in [-0.15, -0.1) is 0 Å². The second kappa shape index (κ2) is 5.14. The molecular formula is C12H17N3O2. The van der Waals surface area contributed by atoms with Gasteiger partial charge in [0.05, 0.1) is 13.0 Å². The molecule has 3 N–H and O–H groups in total. The Balaban J connectivity index is 2.07. The van der Waals surface area contributed by atoms with Gasteiger partial charge in [-0.25, -0.2) is 4.98 Å². The van der Waals surface area contributed by atoms with E-state index >= 15 is 0 Å². The van der Waals surface area contributed by atoms with Crippen molar-refractivity contribution < 1.29 is 9.53 Å². The van der Waals surface area contributed by atoms with Crippen molar-refractivity contribution >= 4 is 11.6 Å². The van der Waals surface area contributed by atoms with Crippen LogP contribution in [0.1, 0.15) is 19.3 Å². The Morgan fingerprint density at radius 1 is 1.59 bits per heavy atom. The molecule has 0 bridgehead atoms. The van der Waals surface area contributed by atoms with Crippen LogP contribution in [0, 0.1) is 5.92 Å². The Labute approximate surface area is 100 Å². The summed E-state index contributed by atoms with van der Waals surface area (Å²) >= 11 is 0. The number of methoxy groups -OCH3 is 1. The highest BCUT2D eigenvalue weighted by Gasteiger charge is 2.30. The Morgan fingerprint density at radius 2 is 2.41 bits per heavy atom. The largest absolute Gasteiger partial charge is 0.480 e. The number of rotatable bonds is 3. The maximum atomic E-state index is 12.0. The van der Waals surface area contributed by atoms with Gasteiger partial charge in [0.2, 0.25) is 11.8 Å². The molecule has 0 aromatic carbocycles. The number of nitrogens with one attached hydrogen (secondary N) is 1. The first-order chi connectivity index (χ1) is 8.22. The number of nitrogens with zero attached hydrogens (tertiary/aromatic N) is 1. The number of anilines is 1. The van der Waals surface area contributed by atoms with Crippen molar-refractivity contribution in [3.8, 4) is 5.88 Å². The van der Waals surface area contributed by atoms with Gasteiger partial charge in [-0.1, -0.05) is 6.42 Å². The summed E-state index contributed by atoms with van der Waals surface area (Å²) in [6.07, 6.45) is 4.41. The van der Waals surface area contributed by atoms with Crippen LogP contribution in [0.15, 0.2) is 18.3 Å². The predicted molar refractivity (Wildman–Crippen MR) is 64.7 cm³/mol. The molecule has 1 aliphatic rings. The first kappa shape index (κ1) is 11.9. The lowest BCUT2D eigenvalue weighted by Crippen LogP contribution is -2.34. The van der Waals surface area contributed by atoms with Crippen LogP contribution < -0.4 is 15.8 Å². The monoisotopic (exact) mass is 235 g/mol. The molecule has 1 amide bonds. The minimum absolute atomic E-state index is 0.0299. The van der Waals surface area contributed by atoms with E-state index in [0.717, 1.165) is 19.3 Å². The minimum Gasteiger partial charge on any atom is -0.480 e. The molecule has 1 heterocycles. The van der Waals surface area contributed by atoms with E-state index in [4.69, 9.17) is 10.5 Å². The van der Waals surface area contributed by atoms with E-state index in [1.807, 2.05) is 0 Å². The van der Waals surface area contributed by atoms with Crippen molar-refractivity contribution in [2.75, 3.05) is 12.4 Å². The number of pyridine rings is 1. The lowest BCUT2D eigenvalue weighted by atomic mass is 10.0. The molecule has 0 radical (unpaired) electrons. The van der Waals surface area contributed by atoms with E-state index in [9.17, 15) is 4.79 Å². The molecule has 0 spiro atoms. The number of amides is 1. The molecule has 1 fully saturated rings. The van der Waals surface area contributed by atoms with Crippen molar-refractivity contribution in [1.82, 2.24) is 4.98 Å². The fraction of sp³-hybridized carbons (Fsp3) is 0.500. The van der Waals surface area contributed by atoms with Crippen molar-refractivity contribution in [3.05, 3.63) is 18.3 Å². The molecule has 5 heteroatoms. The zero-order chi connectivity index (χ0) is 12.3. The van der Waals surface area contributed by atoms with Crippen LogP contribution in [0.2, 0.25) is 0 Å². The van der Waals surface area contributed by atoms with Crippen LogP contribution in [-0.4, -0.2) is 24.0 Å². The minimum atomic E-state index is -0.0973. The Bertz CT molecular complexity index is 408. The Kier molecular flexibility index (Phi) is 3.58. The molecule has 92 valence electrons. The van der Waals surface area contributed by atoms with E-state index in [2.05, 4.69) is 10.3 Å². The topological polar surface area (TPSA) is 77.2 Å². The summed E-state index contributed by atoms with van der Waals surface area (Å²) in [7, 11) is 1.53. The summed E-state index contributed by atoms with van der Waals surface area (Å²) in [6.45, 7) is 0. The number of carbonyl (C=O) groups excluding carboxylic acids is 1. The SMILES string of the molecule is COc1ncccc1NC(=O)C1CCCC1N. The van der Waals surface area contributed by atoms with Gasteiger partial charge < -0.3 is 15.8 Å². The van der Waals surface area contributed by atoms with E-state index in [-0.39, 0.29) is 17.9 Å². The van der Waals surface area contributed by atoms with Crippen LogP contribution in [-0.2, 0) is 4.79 Å². The van der Waals surface area contributed by atoms with Crippen LogP contribution >= 0.6 is 0 Å². The number of ether oxygens (including phenoxy) is 1. The molecule has 2 rings (SSSR count). The molecule has 17 heavy (non-hydrogen) atoms. The van der Waals surface area contributed by atoms with Crippen molar-refractivity contribution in [2.24, 2.45) is 11.7 Å². The molecule has 1 aliphatic carbocycles. The van der Waals surface area contributed by atoms with Crippen LogP contribution in [0.3, 0.4) is 0 Å². The second-order valence-electron chi connectivity index (χ2n) is 4.25. The van der Waals surface area contributed by atoms with Gasteiger partial charge in [-0.3, -0.25) is 4.79 Å². The summed E-state index contributed by atoms with van der Waals surface area (Å²) in [5, 5.41) is 2.83. The Hall–Kier alpha value is -1.62. The molecule has 0 saturated heterocycles. The third-order valence-corrected chi connectivity index (χ3v) is 3.13. The zero-order valence-electron chi connectivity index (χ0n) is 9.85. The van der Waals surface area contributed by atoms with Gasteiger partial charge >= 0.3 is 0 Å². The maximum Gasteiger partial charge on any atom is 0.237 e. The molecule has 1 saturated carbocycles. The molecular weight excluding hydrogens is 218 g/mol. The molecule has 2 unspecified atom stereocenters. The quantitative estimate of drug-likeness (QED) is 0.824. The first-order valence-electron chi connectivity index (χ1n) is 5.78. The smallest absolute Gasteiger partial charge is 0.237 e. The summed E-state index contributed by atoms with van der Waals surface area (Å²) in [6, 6.07) is 3.49. The average Bonchev–Trinajstić information content (AvgIpc) is 2.76. The fourth-order valence-electron chi connectivity index (χ4n) is 2.19. The number of hydrogen-bond acceptors (Lipinski definition) is 4. The van der Waals surface area contributed by atoms with Gasteiger partial charge in [0.1, 0.15) is 5.69 Å². The second-order valence-corrected chi connectivity index (χ2v) is 4.25. The third-order valence-electron chi connectivity index (χ3n) is 3.13. The highest BCUT2D eigenvalue weighted by molar-refractivity contribution is 5.94. The zero-order valence-corrected chi connectivity index (χ0v) is 9.85. The van der Waals surface area contributed by atoms with Crippen LogP contribution in [0.4, 0.5) is 5.69 Å². The lowest BCUT2D eigenvalue weighted by molar-refractivity contribution is -0.120. The molecule has 0 aliphatic heterocycles. The van der Waals surface area contributed by atoms with E-state index in [0.29, 0.717) is 11.6 Å². The van der Waals surface area contributed by atoms with Crippen molar-refractivity contribution in [3.63, 3.8) is 0 Å². The maximum absolute atomic E-state index is 12.0. The summed E-state index contributed by atoms with van der Waals surface area (Å²) in [4.78, 5) is 16.0. The first-order valence-corrected chi connectivity index (χ1v) is 5.78. The fourth-order valence-corrected chi connectivity index (χ4v) is 2.19. The highest BCUT2D eigenvalue weighted by Crippen LogP contribution is 2.27. The predicted octanol–water partition coefficient (Wildman–Crippen LogP) is 1.16. The standard InChI is InChI=1S/C12H17N3O2/c1-17-12-10(6-3-7-14-12)15-11(16)8-4-2-5-9(8)13/h3,6-9H,2,4-5,13H2,1H3,(H,15,16). The summed E-state index contributed by atoms with van der Waals surface area (Å²) in [5.74, 6) is 0.286. The van der Waals surface area contributed by atoms with Gasteiger partial charge in [-0.05, 0) is 25.0 Å². The molecule has 2 atom stereocenters. The van der Waals surface area contributed by atoms with Crippen LogP contribution in [0.5, 0.6) is 5.88 Å². The van der Waals surface area contributed by atoms with Gasteiger partial charge in [0, 0.05) is 12.2 Å². The lowest BCUT2D eigenvalue weighted by Gasteiger charge is -2.16. The number of nitrogens with two attached hydrogens (primary N) is 1. The van der Waals surface area contributed by atoms with E-state index in [1.165, 1.54) is 7.11 Å². The van der Waals surface area contributed by atoms with Gasteiger partial charge in [0.25, 0.3) is 0 Å². The van der Waals surface area contributed by atoms with Gasteiger partial charge in [-0.2, -0.15) is 0 Å². The van der Waals surface area contributed by atoms with Gasteiger partial charge in [0.15, 0.2) is 0 Å². The number of carbonyl (C=O) groups is 1. The molecule has 1 aromatic heterocycles. The third kappa shape index (κ3) is 2.55. The van der Waals surface area contributed by atoms with Crippen LogP contribution in [0.25, 0.3) is 0 Å². The normalized spacial score (nSPS) is 23.4. The highest BCUT2D eigenvalue weighted by atomic mass is 16.5. The molecule has 1 aromatic rings. The summed E-state index contributed by atoms with van der Waals surface area (Å²) in [5.41, 5.74) is 6.49. The Morgan fingerprint density at radius 3 is 3.06 bits per heavy atom. The van der Waals surface area contributed by atoms with E-state index in [1.54, 1.807) is 18.3 Å². The van der Waals surface area contributed by atoms with E-state index < -0.39 is 0 Å².